The second kappa shape index (κ2) is 3.14. The van der Waals surface area contributed by atoms with E-state index in [-0.39, 0.29) is 11.5 Å². The molecule has 0 aromatic heterocycles. The number of aromatic hydroxyl groups is 2. The van der Waals surface area contributed by atoms with Crippen LogP contribution in [0.1, 0.15) is 0 Å². The Morgan fingerprint density at radius 2 is 1.56 bits per heavy atom. The highest BCUT2D eigenvalue weighted by molar-refractivity contribution is 6.08. The lowest BCUT2D eigenvalue weighted by molar-refractivity contribution is 0.475. The molecule has 0 bridgehead atoms. The van der Waals surface area contributed by atoms with Crippen molar-refractivity contribution < 1.29 is 10.2 Å². The van der Waals surface area contributed by atoms with Crippen LogP contribution in [-0.2, 0) is 0 Å². The van der Waals surface area contributed by atoms with Crippen LogP contribution in [0.25, 0.3) is 21.5 Å². The first kappa shape index (κ1) is 9.04. The molecule has 2 N–H and O–H groups in total. The van der Waals surface area contributed by atoms with Gasteiger partial charge in [0.25, 0.3) is 0 Å². The minimum Gasteiger partial charge on any atom is -0.508 e. The van der Waals surface area contributed by atoms with Gasteiger partial charge in [-0.05, 0) is 51.9 Å². The van der Waals surface area contributed by atoms with E-state index in [1.165, 1.54) is 6.07 Å². The number of fused-ring (bicyclic) bond motifs is 3. The highest BCUT2D eigenvalue weighted by Crippen LogP contribution is 2.29. The molecule has 2 nitrogen and oxygen atoms in total. The van der Waals surface area contributed by atoms with Crippen molar-refractivity contribution in [2.75, 3.05) is 0 Å². The van der Waals surface area contributed by atoms with Crippen LogP contribution in [0.15, 0.2) is 42.5 Å². The van der Waals surface area contributed by atoms with Crippen molar-refractivity contribution in [3.63, 3.8) is 0 Å². The van der Waals surface area contributed by atoms with E-state index in [1.54, 1.807) is 18.2 Å². The summed E-state index contributed by atoms with van der Waals surface area (Å²) in [5, 5.41) is 22.7. The molecule has 2 heteroatoms. The van der Waals surface area contributed by atoms with E-state index in [1.807, 2.05) is 18.2 Å². The summed E-state index contributed by atoms with van der Waals surface area (Å²) in [5.41, 5.74) is 0. The number of hydrogen-bond donors (Lipinski definition) is 2. The van der Waals surface area contributed by atoms with Gasteiger partial charge in [0.2, 0.25) is 0 Å². The van der Waals surface area contributed by atoms with Gasteiger partial charge in [-0.15, -0.1) is 0 Å². The molecular weight excluding hydrogens is 200 g/mol. The third-order valence-corrected chi connectivity index (χ3v) is 2.71. The SMILES string of the molecule is Oc1c[c]c2ccc3ccc(O)cc3c2c1. The lowest BCUT2D eigenvalue weighted by Crippen LogP contribution is -1.78. The van der Waals surface area contributed by atoms with E-state index < -0.39 is 0 Å². The molecule has 3 rings (SSSR count). The Morgan fingerprint density at radius 3 is 2.44 bits per heavy atom. The second-order valence-electron chi connectivity index (χ2n) is 3.79. The Bertz CT molecular complexity index is 626. The first-order valence-corrected chi connectivity index (χ1v) is 5.00. The van der Waals surface area contributed by atoms with Gasteiger partial charge in [0.1, 0.15) is 11.5 Å². The van der Waals surface area contributed by atoms with Gasteiger partial charge in [0.05, 0.1) is 0 Å². The highest BCUT2D eigenvalue weighted by Gasteiger charge is 2.02. The van der Waals surface area contributed by atoms with Gasteiger partial charge in [-0.3, -0.25) is 0 Å². The Hall–Kier alpha value is -2.22. The molecule has 0 aliphatic carbocycles. The molecule has 0 amide bonds. The van der Waals surface area contributed by atoms with Gasteiger partial charge < -0.3 is 10.2 Å². The van der Waals surface area contributed by atoms with Gasteiger partial charge in [0, 0.05) is 0 Å². The molecule has 0 atom stereocenters. The van der Waals surface area contributed by atoms with Crippen molar-refractivity contribution in [1.29, 1.82) is 0 Å². The van der Waals surface area contributed by atoms with E-state index >= 15 is 0 Å². The minimum atomic E-state index is 0.184. The molecule has 0 spiro atoms. The van der Waals surface area contributed by atoms with E-state index in [0.29, 0.717) is 0 Å². The van der Waals surface area contributed by atoms with Crippen molar-refractivity contribution in [2.45, 2.75) is 0 Å². The average molecular weight is 209 g/mol. The first-order chi connectivity index (χ1) is 7.74. The summed E-state index contributed by atoms with van der Waals surface area (Å²) in [7, 11) is 0. The predicted molar refractivity (Wildman–Crippen MR) is 63.6 cm³/mol. The fourth-order valence-corrected chi connectivity index (χ4v) is 1.95. The zero-order valence-electron chi connectivity index (χ0n) is 8.44. The number of benzene rings is 3. The molecular formula is C14H9O2. The van der Waals surface area contributed by atoms with E-state index in [4.69, 9.17) is 0 Å². The summed E-state index contributed by atoms with van der Waals surface area (Å²) in [6.45, 7) is 0. The largest absolute Gasteiger partial charge is 0.508 e. The van der Waals surface area contributed by atoms with Crippen LogP contribution in [0.2, 0.25) is 0 Å². The van der Waals surface area contributed by atoms with Crippen LogP contribution in [0.5, 0.6) is 11.5 Å². The van der Waals surface area contributed by atoms with Crippen LogP contribution < -0.4 is 0 Å². The Morgan fingerprint density at radius 1 is 0.812 bits per heavy atom. The lowest BCUT2D eigenvalue weighted by Gasteiger charge is -2.04. The van der Waals surface area contributed by atoms with Crippen LogP contribution >= 0.6 is 0 Å². The maximum absolute atomic E-state index is 9.49. The van der Waals surface area contributed by atoms with E-state index in [0.717, 1.165) is 21.5 Å². The molecule has 0 saturated carbocycles. The zero-order valence-corrected chi connectivity index (χ0v) is 8.44. The molecule has 0 saturated heterocycles. The van der Waals surface area contributed by atoms with Crippen molar-refractivity contribution in [3.05, 3.63) is 48.5 Å². The van der Waals surface area contributed by atoms with Crippen molar-refractivity contribution in [2.24, 2.45) is 0 Å². The standard InChI is InChI=1S/C14H9O2/c15-11-5-3-9-1-2-10-4-6-12(16)8-14(10)13(9)7-11/h1-3,5-8,15-16H. The molecule has 1 radical (unpaired) electrons. The maximum Gasteiger partial charge on any atom is 0.116 e. The van der Waals surface area contributed by atoms with Gasteiger partial charge in [-0.25, -0.2) is 0 Å². The molecule has 77 valence electrons. The Labute approximate surface area is 92.4 Å². The summed E-state index contributed by atoms with van der Waals surface area (Å²) in [6, 6.07) is 15.4. The molecule has 0 fully saturated rings. The smallest absolute Gasteiger partial charge is 0.116 e. The van der Waals surface area contributed by atoms with Gasteiger partial charge in [0.15, 0.2) is 0 Å². The maximum atomic E-state index is 9.49. The third kappa shape index (κ3) is 1.27. The highest BCUT2D eigenvalue weighted by atomic mass is 16.3. The number of hydrogen-bond acceptors (Lipinski definition) is 2. The fraction of sp³-hybridized carbons (Fsp3) is 0. The normalized spacial score (nSPS) is 11.0. The van der Waals surface area contributed by atoms with Gasteiger partial charge >= 0.3 is 0 Å². The van der Waals surface area contributed by atoms with Crippen LogP contribution in [0, 0.1) is 6.07 Å². The summed E-state index contributed by atoms with van der Waals surface area (Å²) >= 11 is 0. The third-order valence-electron chi connectivity index (χ3n) is 2.71. The number of phenolic OH excluding ortho intramolecular Hbond substituents is 2. The fourth-order valence-electron chi connectivity index (χ4n) is 1.95. The zero-order chi connectivity index (χ0) is 11.1. The van der Waals surface area contributed by atoms with Crippen molar-refractivity contribution in [1.82, 2.24) is 0 Å². The lowest BCUT2D eigenvalue weighted by atomic mass is 10.0. The Balaban J connectivity index is 2.55. The summed E-state index contributed by atoms with van der Waals surface area (Å²) in [4.78, 5) is 0. The molecule has 3 aromatic carbocycles. The molecule has 0 aliphatic rings. The molecule has 3 aromatic rings. The van der Waals surface area contributed by atoms with Crippen molar-refractivity contribution in [3.8, 4) is 11.5 Å². The second-order valence-corrected chi connectivity index (χ2v) is 3.79. The first-order valence-electron chi connectivity index (χ1n) is 5.00. The average Bonchev–Trinajstić information content (AvgIpc) is 2.29. The minimum absolute atomic E-state index is 0.184. The molecule has 0 aliphatic heterocycles. The van der Waals surface area contributed by atoms with Crippen LogP contribution in [0.3, 0.4) is 0 Å². The predicted octanol–water partition coefficient (Wildman–Crippen LogP) is 3.20. The quantitative estimate of drug-likeness (QED) is 0.558. The van der Waals surface area contributed by atoms with Gasteiger partial charge in [-0.2, -0.15) is 0 Å². The molecule has 16 heavy (non-hydrogen) atoms. The van der Waals surface area contributed by atoms with E-state index in [9.17, 15) is 10.2 Å². The summed E-state index contributed by atoms with van der Waals surface area (Å²) in [6.07, 6.45) is 0. The molecule has 0 unspecified atom stereocenters. The Kier molecular flexibility index (Phi) is 1.77. The topological polar surface area (TPSA) is 40.5 Å². The van der Waals surface area contributed by atoms with Crippen LogP contribution in [0.4, 0.5) is 0 Å². The van der Waals surface area contributed by atoms with E-state index in [2.05, 4.69) is 6.07 Å². The monoisotopic (exact) mass is 209 g/mol. The summed E-state index contributed by atoms with van der Waals surface area (Å²) in [5.74, 6) is 0.409. The number of phenols is 2. The molecule has 0 heterocycles. The summed E-state index contributed by atoms with van der Waals surface area (Å²) < 4.78 is 0. The van der Waals surface area contributed by atoms with Crippen molar-refractivity contribution >= 4 is 21.5 Å². The van der Waals surface area contributed by atoms with Gasteiger partial charge in [-0.1, -0.05) is 18.2 Å². The van der Waals surface area contributed by atoms with Crippen LogP contribution in [-0.4, -0.2) is 10.2 Å². The number of rotatable bonds is 0.